The number of nitrogens with one attached hydrogen (secondary N) is 1. The summed E-state index contributed by atoms with van der Waals surface area (Å²) in [5.74, 6) is 0. The van der Waals surface area contributed by atoms with E-state index in [1.807, 2.05) is 25.3 Å². The molecule has 0 radical (unpaired) electrons. The van der Waals surface area contributed by atoms with Gasteiger partial charge in [-0.05, 0) is 19.1 Å². The Kier molecular flexibility index (Phi) is 3.92. The fourth-order valence-electron chi connectivity index (χ4n) is 0.781. The van der Waals surface area contributed by atoms with Gasteiger partial charge in [0.25, 0.3) is 0 Å². The number of aryl methyl sites for hydroxylation is 2. The summed E-state index contributed by atoms with van der Waals surface area (Å²) < 4.78 is 1.53. The van der Waals surface area contributed by atoms with Crippen molar-refractivity contribution in [1.82, 2.24) is 4.98 Å². The normalized spacial score (nSPS) is 8.83. The van der Waals surface area contributed by atoms with Gasteiger partial charge < -0.3 is 4.98 Å². The van der Waals surface area contributed by atoms with Crippen LogP contribution >= 0.6 is 0 Å². The second kappa shape index (κ2) is 5.02. The van der Waals surface area contributed by atoms with E-state index in [4.69, 9.17) is 0 Å². The Morgan fingerprint density at radius 2 is 2.00 bits per heavy atom. The first-order chi connectivity index (χ1) is 5.79. The zero-order valence-corrected chi connectivity index (χ0v) is 9.09. The molecular weight excluding hydrogens is 213 g/mol. The molecule has 0 saturated heterocycles. The van der Waals surface area contributed by atoms with Gasteiger partial charge in [0.15, 0.2) is 0 Å². The third-order valence-corrected chi connectivity index (χ3v) is 3.10. The van der Waals surface area contributed by atoms with E-state index in [1.54, 1.807) is 0 Å². The third-order valence-electron chi connectivity index (χ3n) is 1.42. The molecule has 0 aliphatic heterocycles. The summed E-state index contributed by atoms with van der Waals surface area (Å²) in [5.41, 5.74) is 1.22. The van der Waals surface area contributed by atoms with Crippen LogP contribution in [-0.4, -0.2) is 19.5 Å². The average Bonchev–Trinajstić information content (AvgIpc) is 2.63. The van der Waals surface area contributed by atoms with Crippen LogP contribution in [0.5, 0.6) is 0 Å². The molecule has 0 atom stereocenters. The van der Waals surface area contributed by atoms with Crippen LogP contribution in [0.1, 0.15) is 10.1 Å². The molecule has 2 rings (SSSR count). The Morgan fingerprint density at radius 1 is 1.17 bits per heavy atom. The first-order valence-corrected chi connectivity index (χ1v) is 5.73. The SMILES string of the molecule is Cc1ccc[nH]1.Cc1ccc[se]1. The molecule has 2 heterocycles. The third kappa shape index (κ3) is 3.61. The molecule has 0 unspecified atom stereocenters. The molecule has 2 heteroatoms. The quantitative estimate of drug-likeness (QED) is 0.664. The van der Waals surface area contributed by atoms with Crippen LogP contribution < -0.4 is 0 Å². The molecule has 0 aromatic carbocycles. The monoisotopic (exact) mass is 227 g/mol. The first kappa shape index (κ1) is 9.37. The molecule has 0 amide bonds. The fraction of sp³-hybridized carbons (Fsp3) is 0.200. The molecule has 1 nitrogen and oxygen atoms in total. The van der Waals surface area contributed by atoms with Crippen molar-refractivity contribution < 1.29 is 0 Å². The van der Waals surface area contributed by atoms with E-state index in [1.165, 1.54) is 10.1 Å². The molecule has 12 heavy (non-hydrogen) atoms. The van der Waals surface area contributed by atoms with Gasteiger partial charge in [-0.1, -0.05) is 0 Å². The van der Waals surface area contributed by atoms with Crippen LogP contribution in [-0.2, 0) is 0 Å². The number of aromatic amines is 1. The predicted octanol–water partition coefficient (Wildman–Crippen LogP) is 2.38. The van der Waals surface area contributed by atoms with Crippen LogP contribution in [0.3, 0.4) is 0 Å². The summed E-state index contributed by atoms with van der Waals surface area (Å²) >= 11 is 0.708. The topological polar surface area (TPSA) is 15.8 Å². The Hall–Kier alpha value is -0.721. The van der Waals surface area contributed by atoms with E-state index in [0.29, 0.717) is 14.5 Å². The molecule has 0 aliphatic carbocycles. The van der Waals surface area contributed by atoms with E-state index in [2.05, 4.69) is 29.0 Å². The van der Waals surface area contributed by atoms with E-state index < -0.39 is 0 Å². The standard InChI is InChI=1S/C5H7N.C5H6Se/c2*1-5-3-2-4-6-5/h2-4,6H,1H3;2-4H,1H3. The summed E-state index contributed by atoms with van der Waals surface area (Å²) in [6.45, 7) is 4.19. The zero-order chi connectivity index (χ0) is 8.81. The Bertz CT molecular complexity index is 249. The van der Waals surface area contributed by atoms with Crippen molar-refractivity contribution in [2.75, 3.05) is 0 Å². The van der Waals surface area contributed by atoms with E-state index in [9.17, 15) is 0 Å². The molecule has 0 spiro atoms. The maximum absolute atomic E-state index is 3.00. The van der Waals surface area contributed by atoms with Crippen LogP contribution in [0, 0.1) is 13.8 Å². The van der Waals surface area contributed by atoms with Gasteiger partial charge >= 0.3 is 42.9 Å². The minimum absolute atomic E-state index is 0.708. The molecule has 0 aliphatic rings. The van der Waals surface area contributed by atoms with Crippen molar-refractivity contribution in [3.63, 3.8) is 0 Å². The number of hydrogen-bond acceptors (Lipinski definition) is 0. The van der Waals surface area contributed by atoms with Crippen molar-refractivity contribution >= 4 is 14.5 Å². The second-order valence-corrected chi connectivity index (χ2v) is 4.99. The summed E-state index contributed by atoms with van der Waals surface area (Å²) in [6, 6.07) is 8.30. The van der Waals surface area contributed by atoms with E-state index in [0.717, 1.165) is 0 Å². The van der Waals surface area contributed by atoms with Crippen LogP contribution in [0.4, 0.5) is 0 Å². The second-order valence-electron chi connectivity index (χ2n) is 2.58. The Balaban J connectivity index is 0.000000120. The van der Waals surface area contributed by atoms with Gasteiger partial charge in [0.2, 0.25) is 0 Å². The van der Waals surface area contributed by atoms with Crippen molar-refractivity contribution in [3.05, 3.63) is 45.5 Å². The minimum atomic E-state index is 0.708. The predicted molar refractivity (Wildman–Crippen MR) is 53.6 cm³/mol. The molecule has 2 aromatic heterocycles. The molecule has 0 bridgehead atoms. The molecule has 0 saturated carbocycles. The summed E-state index contributed by atoms with van der Waals surface area (Å²) in [4.78, 5) is 5.22. The van der Waals surface area contributed by atoms with Gasteiger partial charge in [-0.2, -0.15) is 0 Å². The van der Waals surface area contributed by atoms with E-state index >= 15 is 0 Å². The summed E-state index contributed by atoms with van der Waals surface area (Å²) in [7, 11) is 0. The molecule has 0 fully saturated rings. The number of H-pyrrole nitrogens is 1. The maximum atomic E-state index is 3.00. The molecule has 64 valence electrons. The number of rotatable bonds is 0. The number of aromatic nitrogens is 1. The van der Waals surface area contributed by atoms with Crippen molar-refractivity contribution in [2.24, 2.45) is 0 Å². The van der Waals surface area contributed by atoms with Crippen molar-refractivity contribution in [1.29, 1.82) is 0 Å². The number of hydrogen-bond donors (Lipinski definition) is 1. The molecule has 1 N–H and O–H groups in total. The Morgan fingerprint density at radius 3 is 2.17 bits per heavy atom. The van der Waals surface area contributed by atoms with Crippen molar-refractivity contribution in [2.45, 2.75) is 13.8 Å². The summed E-state index contributed by atoms with van der Waals surface area (Å²) in [5, 5.41) is 0. The summed E-state index contributed by atoms with van der Waals surface area (Å²) in [6.07, 6.45) is 1.91. The van der Waals surface area contributed by atoms with Gasteiger partial charge in [0.05, 0.1) is 0 Å². The van der Waals surface area contributed by atoms with Gasteiger partial charge in [0.1, 0.15) is 0 Å². The molecule has 2 aromatic rings. The van der Waals surface area contributed by atoms with Gasteiger partial charge in [-0.3, -0.25) is 0 Å². The Labute approximate surface area is 79.2 Å². The molecular formula is C10H13NSe. The average molecular weight is 226 g/mol. The van der Waals surface area contributed by atoms with Gasteiger partial charge in [-0.15, -0.1) is 0 Å². The first-order valence-electron chi connectivity index (χ1n) is 3.89. The van der Waals surface area contributed by atoms with Crippen LogP contribution in [0.2, 0.25) is 0 Å². The van der Waals surface area contributed by atoms with Crippen LogP contribution in [0.25, 0.3) is 0 Å². The van der Waals surface area contributed by atoms with E-state index in [-0.39, 0.29) is 0 Å². The van der Waals surface area contributed by atoms with Gasteiger partial charge in [0, 0.05) is 11.9 Å². The van der Waals surface area contributed by atoms with Crippen LogP contribution in [0.15, 0.2) is 35.4 Å². The fourth-order valence-corrected chi connectivity index (χ4v) is 1.89. The van der Waals surface area contributed by atoms with Gasteiger partial charge in [-0.25, -0.2) is 0 Å². The van der Waals surface area contributed by atoms with Crippen molar-refractivity contribution in [3.8, 4) is 0 Å². The zero-order valence-electron chi connectivity index (χ0n) is 7.37.